The molecule has 0 fully saturated rings. The number of amides is 2. The Balaban J connectivity index is 1.79. The first-order valence-corrected chi connectivity index (χ1v) is 6.67. The number of carbonyl (C=O) groups excluding carboxylic acids is 2. The van der Waals surface area contributed by atoms with Crippen LogP contribution in [0.15, 0.2) is 48.5 Å². The van der Waals surface area contributed by atoms with Crippen LogP contribution in [0.5, 0.6) is 5.75 Å². The van der Waals surface area contributed by atoms with Crippen molar-refractivity contribution >= 4 is 11.8 Å². The van der Waals surface area contributed by atoms with Crippen LogP contribution >= 0.6 is 0 Å². The molecule has 2 aromatic carbocycles. The molecule has 6 nitrogen and oxygen atoms in total. The first kappa shape index (κ1) is 14.1. The van der Waals surface area contributed by atoms with Gasteiger partial charge in [0.15, 0.2) is 6.23 Å². The number of hydrogen-bond donors (Lipinski definition) is 2. The Morgan fingerprint density at radius 1 is 1.18 bits per heavy atom. The lowest BCUT2D eigenvalue weighted by molar-refractivity contribution is -0.00617. The molecule has 1 atom stereocenters. The van der Waals surface area contributed by atoms with Crippen molar-refractivity contribution in [3.05, 3.63) is 65.2 Å². The summed E-state index contributed by atoms with van der Waals surface area (Å²) in [5.41, 5.74) is 3.65. The van der Waals surface area contributed by atoms with E-state index in [0.717, 1.165) is 5.01 Å². The molecule has 1 aliphatic heterocycles. The Hall–Kier alpha value is -2.86. The highest BCUT2D eigenvalue weighted by Gasteiger charge is 2.36. The largest absolute Gasteiger partial charge is 0.497 e. The minimum Gasteiger partial charge on any atom is -0.497 e. The summed E-state index contributed by atoms with van der Waals surface area (Å²) >= 11 is 0. The summed E-state index contributed by atoms with van der Waals surface area (Å²) in [6.07, 6.45) is -1.19. The van der Waals surface area contributed by atoms with Gasteiger partial charge in [-0.3, -0.25) is 15.0 Å². The van der Waals surface area contributed by atoms with Crippen molar-refractivity contribution < 1.29 is 19.4 Å². The SMILES string of the molecule is COc1ccc(C(=O)NN2C(=O)c3ccccc3[C@H]2O)cc1. The van der Waals surface area contributed by atoms with E-state index in [9.17, 15) is 14.7 Å². The Bertz CT molecular complexity index is 727. The number of benzene rings is 2. The van der Waals surface area contributed by atoms with E-state index in [0.29, 0.717) is 22.4 Å². The number of aliphatic hydroxyl groups is 1. The molecule has 2 aromatic rings. The van der Waals surface area contributed by atoms with Crippen LogP contribution in [0.25, 0.3) is 0 Å². The lowest BCUT2D eigenvalue weighted by atomic mass is 10.1. The van der Waals surface area contributed by atoms with Gasteiger partial charge in [-0.1, -0.05) is 18.2 Å². The number of methoxy groups -OCH3 is 1. The van der Waals surface area contributed by atoms with E-state index in [4.69, 9.17) is 4.74 Å². The number of nitrogens with one attached hydrogen (secondary N) is 1. The fraction of sp³-hybridized carbons (Fsp3) is 0.125. The van der Waals surface area contributed by atoms with Crippen molar-refractivity contribution in [3.8, 4) is 5.75 Å². The van der Waals surface area contributed by atoms with Gasteiger partial charge in [0.05, 0.1) is 7.11 Å². The van der Waals surface area contributed by atoms with Gasteiger partial charge in [0.1, 0.15) is 5.75 Å². The van der Waals surface area contributed by atoms with E-state index in [1.807, 2.05) is 0 Å². The molecular formula is C16H14N2O4. The van der Waals surface area contributed by atoms with Gasteiger partial charge in [0.25, 0.3) is 11.8 Å². The molecule has 0 saturated heterocycles. The topological polar surface area (TPSA) is 78.9 Å². The fourth-order valence-electron chi connectivity index (χ4n) is 2.33. The molecule has 0 aromatic heterocycles. The lowest BCUT2D eigenvalue weighted by Gasteiger charge is -2.21. The minimum absolute atomic E-state index is 0.358. The standard InChI is InChI=1S/C16H14N2O4/c1-22-11-8-6-10(7-9-11)14(19)17-18-15(20)12-4-2-3-5-13(12)16(18)21/h2-9,15,20H,1H3,(H,17,19)/t15-/m1/s1. The molecule has 3 rings (SSSR count). The Morgan fingerprint density at radius 3 is 2.50 bits per heavy atom. The molecular weight excluding hydrogens is 284 g/mol. The molecule has 1 heterocycles. The summed E-state index contributed by atoms with van der Waals surface area (Å²) in [5.74, 6) is -0.297. The monoisotopic (exact) mass is 298 g/mol. The maximum Gasteiger partial charge on any atom is 0.275 e. The van der Waals surface area contributed by atoms with E-state index in [2.05, 4.69) is 5.43 Å². The van der Waals surface area contributed by atoms with Gasteiger partial charge in [0.2, 0.25) is 0 Å². The predicted octanol–water partition coefficient (Wildman–Crippen LogP) is 1.49. The second kappa shape index (κ2) is 5.50. The molecule has 0 unspecified atom stereocenters. The maximum atomic E-state index is 12.2. The van der Waals surface area contributed by atoms with Gasteiger partial charge >= 0.3 is 0 Å². The highest BCUT2D eigenvalue weighted by Crippen LogP contribution is 2.29. The lowest BCUT2D eigenvalue weighted by Crippen LogP contribution is -2.44. The average molecular weight is 298 g/mol. The third kappa shape index (κ3) is 2.29. The van der Waals surface area contributed by atoms with Crippen molar-refractivity contribution in [2.45, 2.75) is 6.23 Å². The summed E-state index contributed by atoms with van der Waals surface area (Å²) < 4.78 is 5.02. The molecule has 0 radical (unpaired) electrons. The van der Waals surface area contributed by atoms with Crippen molar-refractivity contribution in [2.75, 3.05) is 7.11 Å². The smallest absolute Gasteiger partial charge is 0.275 e. The van der Waals surface area contributed by atoms with E-state index >= 15 is 0 Å². The molecule has 2 N–H and O–H groups in total. The highest BCUT2D eigenvalue weighted by molar-refractivity contribution is 6.02. The molecule has 1 aliphatic rings. The van der Waals surface area contributed by atoms with Crippen molar-refractivity contribution in [1.29, 1.82) is 0 Å². The zero-order valence-electron chi connectivity index (χ0n) is 11.8. The van der Waals surface area contributed by atoms with Crippen LogP contribution in [0, 0.1) is 0 Å². The second-order valence-corrected chi connectivity index (χ2v) is 4.81. The van der Waals surface area contributed by atoms with Gasteiger partial charge < -0.3 is 9.84 Å². The summed E-state index contributed by atoms with van der Waals surface area (Å²) in [4.78, 5) is 24.4. The van der Waals surface area contributed by atoms with Crippen LogP contribution in [0.2, 0.25) is 0 Å². The van der Waals surface area contributed by atoms with Crippen molar-refractivity contribution in [3.63, 3.8) is 0 Å². The molecule has 22 heavy (non-hydrogen) atoms. The molecule has 0 aliphatic carbocycles. The minimum atomic E-state index is -1.19. The molecule has 0 saturated carbocycles. The number of ether oxygens (including phenoxy) is 1. The zero-order valence-corrected chi connectivity index (χ0v) is 11.8. The first-order valence-electron chi connectivity index (χ1n) is 6.67. The van der Waals surface area contributed by atoms with E-state index in [1.165, 1.54) is 7.11 Å². The molecule has 2 amide bonds. The van der Waals surface area contributed by atoms with Crippen LogP contribution < -0.4 is 10.2 Å². The van der Waals surface area contributed by atoms with Gasteiger partial charge in [0, 0.05) is 16.7 Å². The number of fused-ring (bicyclic) bond motifs is 1. The van der Waals surface area contributed by atoms with E-state index < -0.39 is 18.0 Å². The fourth-order valence-corrected chi connectivity index (χ4v) is 2.33. The summed E-state index contributed by atoms with van der Waals surface area (Å²) in [7, 11) is 1.53. The normalized spacial score (nSPS) is 16.4. The summed E-state index contributed by atoms with van der Waals surface area (Å²) in [6, 6.07) is 13.1. The van der Waals surface area contributed by atoms with Crippen LogP contribution in [-0.4, -0.2) is 29.0 Å². The third-order valence-electron chi connectivity index (χ3n) is 3.51. The van der Waals surface area contributed by atoms with Crippen LogP contribution in [0.3, 0.4) is 0 Å². The Morgan fingerprint density at radius 2 is 1.86 bits per heavy atom. The number of carbonyl (C=O) groups is 2. The van der Waals surface area contributed by atoms with Crippen molar-refractivity contribution in [1.82, 2.24) is 10.4 Å². The summed E-state index contributed by atoms with van der Waals surface area (Å²) in [5, 5.41) is 11.1. The molecule has 6 heteroatoms. The van der Waals surface area contributed by atoms with Crippen LogP contribution in [-0.2, 0) is 0 Å². The van der Waals surface area contributed by atoms with Crippen molar-refractivity contribution in [2.24, 2.45) is 0 Å². The number of aliphatic hydroxyl groups excluding tert-OH is 1. The Labute approximate surface area is 126 Å². The summed E-state index contributed by atoms with van der Waals surface area (Å²) in [6.45, 7) is 0. The van der Waals surface area contributed by atoms with E-state index in [-0.39, 0.29) is 0 Å². The third-order valence-corrected chi connectivity index (χ3v) is 3.51. The average Bonchev–Trinajstić information content (AvgIpc) is 2.80. The van der Waals surface area contributed by atoms with Crippen LogP contribution in [0.4, 0.5) is 0 Å². The molecule has 112 valence electrons. The Kier molecular flexibility index (Phi) is 3.52. The highest BCUT2D eigenvalue weighted by atomic mass is 16.5. The second-order valence-electron chi connectivity index (χ2n) is 4.81. The van der Waals surface area contributed by atoms with Gasteiger partial charge in [-0.15, -0.1) is 0 Å². The van der Waals surface area contributed by atoms with Gasteiger partial charge in [-0.25, -0.2) is 5.01 Å². The van der Waals surface area contributed by atoms with Crippen LogP contribution in [0.1, 0.15) is 32.5 Å². The molecule has 0 spiro atoms. The number of rotatable bonds is 3. The number of hydrogen-bond acceptors (Lipinski definition) is 4. The maximum absolute atomic E-state index is 12.2. The molecule has 0 bridgehead atoms. The number of nitrogens with zero attached hydrogens (tertiary/aromatic N) is 1. The zero-order chi connectivity index (χ0) is 15.7. The van der Waals surface area contributed by atoms with Gasteiger partial charge in [-0.2, -0.15) is 0 Å². The van der Waals surface area contributed by atoms with E-state index in [1.54, 1.807) is 48.5 Å². The quantitative estimate of drug-likeness (QED) is 0.900. The van der Waals surface area contributed by atoms with Gasteiger partial charge in [-0.05, 0) is 30.3 Å². The number of hydrazine groups is 1. The predicted molar refractivity (Wildman–Crippen MR) is 78.0 cm³/mol. The first-order chi connectivity index (χ1) is 10.6.